The van der Waals surface area contributed by atoms with Gasteiger partial charge >= 0.3 is 0 Å². The van der Waals surface area contributed by atoms with Crippen LogP contribution in [0.5, 0.6) is 0 Å². The van der Waals surface area contributed by atoms with Gasteiger partial charge in [-0.2, -0.15) is 5.10 Å². The predicted octanol–water partition coefficient (Wildman–Crippen LogP) is 1.88. The van der Waals surface area contributed by atoms with Crippen LogP contribution in [0.3, 0.4) is 0 Å². The molecule has 0 unspecified atom stereocenters. The number of aromatic nitrogens is 3. The van der Waals surface area contributed by atoms with E-state index in [1.165, 1.54) is 0 Å². The van der Waals surface area contributed by atoms with Gasteiger partial charge in [0.1, 0.15) is 5.69 Å². The lowest BCUT2D eigenvalue weighted by Gasteiger charge is -2.09. The second kappa shape index (κ2) is 7.38. The van der Waals surface area contributed by atoms with Crippen LogP contribution in [0, 0.1) is 13.8 Å². The van der Waals surface area contributed by atoms with Crippen LogP contribution in [0.1, 0.15) is 28.8 Å². The number of hydrogen-bond donors (Lipinski definition) is 2. The normalized spacial score (nSPS) is 10.7. The van der Waals surface area contributed by atoms with Gasteiger partial charge < -0.3 is 10.6 Å². The Kier molecular flexibility index (Phi) is 5.51. The monoisotopic (exact) mass is 321 g/mol. The summed E-state index contributed by atoms with van der Waals surface area (Å²) < 4.78 is 1.70. The van der Waals surface area contributed by atoms with Crippen LogP contribution < -0.4 is 10.6 Å². The number of rotatable bonds is 6. The van der Waals surface area contributed by atoms with E-state index in [0.29, 0.717) is 23.9 Å². The maximum absolute atomic E-state index is 12.2. The molecule has 6 nitrogen and oxygen atoms in total. The SMILES string of the molecule is CCNCCNC(=O)c1nc(-n2nc(C)cc2C)ccc1Cl. The van der Waals surface area contributed by atoms with Crippen LogP contribution in [0.4, 0.5) is 0 Å². The van der Waals surface area contributed by atoms with E-state index in [2.05, 4.69) is 20.7 Å². The molecular formula is C15H20ClN5O. The number of nitrogens with one attached hydrogen (secondary N) is 2. The number of carbonyl (C=O) groups is 1. The van der Waals surface area contributed by atoms with E-state index < -0.39 is 0 Å². The molecule has 0 aromatic carbocycles. The van der Waals surface area contributed by atoms with E-state index in [-0.39, 0.29) is 11.6 Å². The highest BCUT2D eigenvalue weighted by Crippen LogP contribution is 2.17. The molecule has 2 N–H and O–H groups in total. The van der Waals surface area contributed by atoms with Crippen molar-refractivity contribution in [2.75, 3.05) is 19.6 Å². The Morgan fingerprint density at radius 3 is 2.73 bits per heavy atom. The lowest BCUT2D eigenvalue weighted by Crippen LogP contribution is -2.32. The highest BCUT2D eigenvalue weighted by Gasteiger charge is 2.14. The summed E-state index contributed by atoms with van der Waals surface area (Å²) in [6, 6.07) is 5.36. The van der Waals surface area contributed by atoms with Gasteiger partial charge in [-0.15, -0.1) is 0 Å². The highest BCUT2D eigenvalue weighted by molar-refractivity contribution is 6.33. The molecule has 0 atom stereocenters. The van der Waals surface area contributed by atoms with E-state index in [1.807, 2.05) is 26.8 Å². The molecule has 0 aliphatic carbocycles. The van der Waals surface area contributed by atoms with E-state index in [0.717, 1.165) is 17.9 Å². The Bertz CT molecular complexity index is 668. The maximum Gasteiger partial charge on any atom is 0.271 e. The fourth-order valence-corrected chi connectivity index (χ4v) is 2.29. The third-order valence-corrected chi connectivity index (χ3v) is 3.42. The number of likely N-dealkylation sites (N-methyl/N-ethyl adjacent to an activating group) is 1. The second-order valence-electron chi connectivity index (χ2n) is 4.95. The number of aryl methyl sites for hydroxylation is 2. The van der Waals surface area contributed by atoms with Crippen molar-refractivity contribution in [3.8, 4) is 5.82 Å². The molecule has 1 amide bonds. The highest BCUT2D eigenvalue weighted by atomic mass is 35.5. The first kappa shape index (κ1) is 16.5. The van der Waals surface area contributed by atoms with Gasteiger partial charge in [0.25, 0.3) is 5.91 Å². The number of halogens is 1. The molecule has 0 spiro atoms. The minimum absolute atomic E-state index is 0.211. The summed E-state index contributed by atoms with van der Waals surface area (Å²) in [6.45, 7) is 7.95. The van der Waals surface area contributed by atoms with E-state index in [1.54, 1.807) is 16.8 Å². The van der Waals surface area contributed by atoms with Gasteiger partial charge in [0.15, 0.2) is 5.82 Å². The fourth-order valence-electron chi connectivity index (χ4n) is 2.09. The van der Waals surface area contributed by atoms with Crippen molar-refractivity contribution in [1.29, 1.82) is 0 Å². The average molecular weight is 322 g/mol. The average Bonchev–Trinajstić information content (AvgIpc) is 2.82. The summed E-state index contributed by atoms with van der Waals surface area (Å²) in [4.78, 5) is 16.5. The number of nitrogens with zero attached hydrogens (tertiary/aromatic N) is 3. The van der Waals surface area contributed by atoms with Gasteiger partial charge in [-0.1, -0.05) is 18.5 Å². The van der Waals surface area contributed by atoms with Crippen LogP contribution >= 0.6 is 11.6 Å². The predicted molar refractivity (Wildman–Crippen MR) is 86.7 cm³/mol. The molecule has 22 heavy (non-hydrogen) atoms. The Hall–Kier alpha value is -1.92. The summed E-state index contributed by atoms with van der Waals surface area (Å²) >= 11 is 6.10. The van der Waals surface area contributed by atoms with E-state index in [4.69, 9.17) is 11.6 Å². The van der Waals surface area contributed by atoms with Crippen LogP contribution in [0.2, 0.25) is 5.02 Å². The molecule has 0 aliphatic heterocycles. The van der Waals surface area contributed by atoms with Gasteiger partial charge in [-0.3, -0.25) is 4.79 Å². The van der Waals surface area contributed by atoms with Crippen LogP contribution in [-0.4, -0.2) is 40.3 Å². The quantitative estimate of drug-likeness (QED) is 0.797. The smallest absolute Gasteiger partial charge is 0.271 e. The Morgan fingerprint density at radius 1 is 1.32 bits per heavy atom. The van der Waals surface area contributed by atoms with Gasteiger partial charge in [-0.25, -0.2) is 9.67 Å². The van der Waals surface area contributed by atoms with E-state index >= 15 is 0 Å². The summed E-state index contributed by atoms with van der Waals surface area (Å²) in [7, 11) is 0. The van der Waals surface area contributed by atoms with Crippen LogP contribution in [-0.2, 0) is 0 Å². The second-order valence-corrected chi connectivity index (χ2v) is 5.36. The molecule has 0 aliphatic rings. The van der Waals surface area contributed by atoms with Crippen molar-refractivity contribution in [3.05, 3.63) is 40.3 Å². The van der Waals surface area contributed by atoms with Crippen LogP contribution in [0.25, 0.3) is 5.82 Å². The van der Waals surface area contributed by atoms with E-state index in [9.17, 15) is 4.79 Å². The first-order chi connectivity index (χ1) is 10.5. The Labute approximate surface area is 134 Å². The molecule has 0 saturated carbocycles. The minimum atomic E-state index is -0.286. The Morgan fingerprint density at radius 2 is 2.09 bits per heavy atom. The van der Waals surface area contributed by atoms with Crippen molar-refractivity contribution < 1.29 is 4.79 Å². The van der Waals surface area contributed by atoms with Crippen molar-refractivity contribution in [2.45, 2.75) is 20.8 Å². The first-order valence-electron chi connectivity index (χ1n) is 7.22. The number of pyridine rings is 1. The molecular weight excluding hydrogens is 302 g/mol. The zero-order chi connectivity index (χ0) is 16.1. The lowest BCUT2D eigenvalue weighted by molar-refractivity contribution is 0.0949. The molecule has 118 valence electrons. The first-order valence-corrected chi connectivity index (χ1v) is 7.59. The molecule has 2 aromatic heterocycles. The standard InChI is InChI=1S/C15H20ClN5O/c1-4-17-7-8-18-15(22)14-12(16)5-6-13(19-14)21-11(3)9-10(2)20-21/h5-6,9,17H,4,7-8H2,1-3H3,(H,18,22). The van der Waals surface area contributed by atoms with Crippen molar-refractivity contribution in [3.63, 3.8) is 0 Å². The van der Waals surface area contributed by atoms with Crippen molar-refractivity contribution in [2.24, 2.45) is 0 Å². The molecule has 0 bridgehead atoms. The van der Waals surface area contributed by atoms with Crippen LogP contribution in [0.15, 0.2) is 18.2 Å². The summed E-state index contributed by atoms with van der Waals surface area (Å²) in [6.07, 6.45) is 0. The third kappa shape index (κ3) is 3.84. The number of hydrogen-bond acceptors (Lipinski definition) is 4. The molecule has 7 heteroatoms. The zero-order valence-corrected chi connectivity index (χ0v) is 13.7. The third-order valence-electron chi connectivity index (χ3n) is 3.11. The number of amides is 1. The summed E-state index contributed by atoms with van der Waals surface area (Å²) in [5.41, 5.74) is 2.06. The van der Waals surface area contributed by atoms with Gasteiger partial charge in [0, 0.05) is 18.8 Å². The largest absolute Gasteiger partial charge is 0.349 e. The van der Waals surface area contributed by atoms with Gasteiger partial charge in [0.2, 0.25) is 0 Å². The summed E-state index contributed by atoms with van der Waals surface area (Å²) in [5, 5.41) is 10.6. The lowest BCUT2D eigenvalue weighted by atomic mass is 10.3. The molecule has 0 radical (unpaired) electrons. The maximum atomic E-state index is 12.2. The van der Waals surface area contributed by atoms with Gasteiger partial charge in [-0.05, 0) is 38.6 Å². The van der Waals surface area contributed by atoms with Crippen molar-refractivity contribution in [1.82, 2.24) is 25.4 Å². The minimum Gasteiger partial charge on any atom is -0.349 e. The molecule has 2 rings (SSSR count). The zero-order valence-electron chi connectivity index (χ0n) is 13.0. The van der Waals surface area contributed by atoms with Crippen molar-refractivity contribution >= 4 is 17.5 Å². The number of carbonyl (C=O) groups excluding carboxylic acids is 1. The molecule has 2 aromatic rings. The topological polar surface area (TPSA) is 71.8 Å². The summed E-state index contributed by atoms with van der Waals surface area (Å²) in [5.74, 6) is 0.290. The Balaban J connectivity index is 2.20. The molecule has 2 heterocycles. The molecule has 0 saturated heterocycles. The van der Waals surface area contributed by atoms with Gasteiger partial charge in [0.05, 0.1) is 10.7 Å². The fraction of sp³-hybridized carbons (Fsp3) is 0.400. The molecule has 0 fully saturated rings.